The lowest BCUT2D eigenvalue weighted by molar-refractivity contribution is 0.590. The van der Waals surface area contributed by atoms with E-state index in [0.717, 1.165) is 11.4 Å². The first-order valence-corrected chi connectivity index (χ1v) is 19.7. The molecule has 55 heavy (non-hydrogen) atoms. The van der Waals surface area contributed by atoms with E-state index in [0.29, 0.717) is 0 Å². The van der Waals surface area contributed by atoms with Gasteiger partial charge in [-0.3, -0.25) is 0 Å². The zero-order valence-electron chi connectivity index (χ0n) is 33.4. The van der Waals surface area contributed by atoms with E-state index in [2.05, 4.69) is 223 Å². The molecule has 272 valence electrons. The lowest BCUT2D eigenvalue weighted by atomic mass is 9.81. The number of anilines is 3. The lowest BCUT2D eigenvalue weighted by Crippen LogP contribution is -2.17. The second-order valence-electron chi connectivity index (χ2n) is 18.0. The van der Waals surface area contributed by atoms with Crippen LogP contribution >= 0.6 is 0 Å². The molecule has 2 heteroatoms. The second-order valence-corrected chi connectivity index (χ2v) is 18.0. The molecule has 0 saturated heterocycles. The molecule has 0 N–H and O–H groups in total. The Labute approximate surface area is 326 Å². The number of nitrogens with zero attached hydrogens (tertiary/aromatic N) is 2. The molecule has 7 aromatic carbocycles. The molecule has 0 unspecified atom stereocenters. The van der Waals surface area contributed by atoms with E-state index in [1.54, 1.807) is 0 Å². The molecule has 8 aromatic rings. The Balaban J connectivity index is 1.10. The van der Waals surface area contributed by atoms with Crippen LogP contribution in [0.3, 0.4) is 0 Å². The minimum absolute atomic E-state index is 0.0991. The van der Waals surface area contributed by atoms with Gasteiger partial charge in [-0.15, -0.1) is 0 Å². The van der Waals surface area contributed by atoms with Gasteiger partial charge in [-0.1, -0.05) is 140 Å². The Kier molecular flexibility index (Phi) is 7.99. The van der Waals surface area contributed by atoms with Crippen molar-refractivity contribution in [2.45, 2.75) is 71.6 Å². The predicted molar refractivity (Wildman–Crippen MR) is 236 cm³/mol. The number of benzene rings is 7. The van der Waals surface area contributed by atoms with Crippen LogP contribution in [0.15, 0.2) is 158 Å². The topological polar surface area (TPSA) is 8.17 Å². The molecule has 0 spiro atoms. The quantitative estimate of drug-likeness (QED) is 0.172. The minimum atomic E-state index is -0.172. The summed E-state index contributed by atoms with van der Waals surface area (Å²) in [6.07, 6.45) is 0. The van der Waals surface area contributed by atoms with Crippen molar-refractivity contribution in [3.63, 3.8) is 0 Å². The van der Waals surface area contributed by atoms with Gasteiger partial charge in [0.1, 0.15) is 0 Å². The standard InChI is InChI=1S/C53H50N2/c1-51(2,3)37-20-24-40(25-21-37)54(39-14-10-9-11-15-39)42-28-30-44-43-29-18-36(33-47(43)53(7,8)48(44)34-42)35-19-31-50-46(32-35)45-16-12-13-17-49(45)55(50)41-26-22-38(23-27-41)52(4,5)6/h9-34H,1-8H3. The molecule has 0 saturated carbocycles. The lowest BCUT2D eigenvalue weighted by Gasteiger charge is -2.29. The highest BCUT2D eigenvalue weighted by molar-refractivity contribution is 6.10. The van der Waals surface area contributed by atoms with Gasteiger partial charge in [0.25, 0.3) is 0 Å². The Hall–Kier alpha value is -5.86. The summed E-state index contributed by atoms with van der Waals surface area (Å²) < 4.78 is 2.42. The summed E-state index contributed by atoms with van der Waals surface area (Å²) in [4.78, 5) is 2.39. The number of hydrogen-bond donors (Lipinski definition) is 0. The van der Waals surface area contributed by atoms with Gasteiger partial charge in [-0.2, -0.15) is 0 Å². The van der Waals surface area contributed by atoms with Crippen LogP contribution in [-0.4, -0.2) is 4.57 Å². The molecule has 2 nitrogen and oxygen atoms in total. The molecule has 9 rings (SSSR count). The summed E-state index contributed by atoms with van der Waals surface area (Å²) in [5, 5.41) is 2.55. The number of fused-ring (bicyclic) bond motifs is 6. The van der Waals surface area contributed by atoms with Crippen LogP contribution < -0.4 is 4.90 Å². The molecule has 0 fully saturated rings. The first-order valence-electron chi connectivity index (χ1n) is 19.7. The minimum Gasteiger partial charge on any atom is -0.310 e. The summed E-state index contributed by atoms with van der Waals surface area (Å²) >= 11 is 0. The van der Waals surface area contributed by atoms with Crippen LogP contribution in [0.4, 0.5) is 17.1 Å². The highest BCUT2D eigenvalue weighted by Crippen LogP contribution is 2.52. The zero-order valence-corrected chi connectivity index (χ0v) is 33.4. The van der Waals surface area contributed by atoms with Crippen molar-refractivity contribution >= 4 is 38.9 Å². The van der Waals surface area contributed by atoms with Gasteiger partial charge in [0, 0.05) is 38.9 Å². The van der Waals surface area contributed by atoms with Crippen LogP contribution in [0.2, 0.25) is 0 Å². The molecular formula is C53H50N2. The van der Waals surface area contributed by atoms with Crippen molar-refractivity contribution in [1.29, 1.82) is 0 Å². The smallest absolute Gasteiger partial charge is 0.0541 e. The number of aromatic nitrogens is 1. The molecule has 0 aliphatic heterocycles. The van der Waals surface area contributed by atoms with E-state index < -0.39 is 0 Å². The molecule has 1 aliphatic carbocycles. The summed E-state index contributed by atoms with van der Waals surface area (Å²) in [6.45, 7) is 18.4. The maximum atomic E-state index is 2.45. The fourth-order valence-corrected chi connectivity index (χ4v) is 8.72. The van der Waals surface area contributed by atoms with E-state index in [9.17, 15) is 0 Å². The Bertz CT molecular complexity index is 2710. The van der Waals surface area contributed by atoms with Crippen LogP contribution in [0.5, 0.6) is 0 Å². The van der Waals surface area contributed by atoms with Crippen LogP contribution in [0.1, 0.15) is 77.6 Å². The zero-order chi connectivity index (χ0) is 38.3. The van der Waals surface area contributed by atoms with Crippen LogP contribution in [-0.2, 0) is 16.2 Å². The molecule has 0 bridgehead atoms. The average Bonchev–Trinajstić information content (AvgIpc) is 3.62. The third-order valence-corrected chi connectivity index (χ3v) is 11.9. The van der Waals surface area contributed by atoms with Gasteiger partial charge >= 0.3 is 0 Å². The third-order valence-electron chi connectivity index (χ3n) is 11.9. The van der Waals surface area contributed by atoms with Gasteiger partial charge in [0.2, 0.25) is 0 Å². The maximum absolute atomic E-state index is 2.45. The average molecular weight is 715 g/mol. The van der Waals surface area contributed by atoms with Crippen LogP contribution in [0, 0.1) is 0 Å². The van der Waals surface area contributed by atoms with E-state index in [1.165, 1.54) is 77.7 Å². The van der Waals surface area contributed by atoms with Crippen molar-refractivity contribution in [2.24, 2.45) is 0 Å². The SMILES string of the molecule is CC(C)(C)c1ccc(N(c2ccccc2)c2ccc3c(c2)C(C)(C)c2cc(-c4ccc5c(c4)c4ccccc4n5-c4ccc(C(C)(C)C)cc4)ccc2-3)cc1. The number of para-hydroxylation sites is 2. The molecular weight excluding hydrogens is 665 g/mol. The maximum Gasteiger partial charge on any atom is 0.0541 e. The van der Waals surface area contributed by atoms with E-state index in [4.69, 9.17) is 0 Å². The highest BCUT2D eigenvalue weighted by Gasteiger charge is 2.36. The first-order chi connectivity index (χ1) is 26.3. The van der Waals surface area contributed by atoms with Gasteiger partial charge in [0.05, 0.1) is 11.0 Å². The van der Waals surface area contributed by atoms with Crippen molar-refractivity contribution in [3.8, 4) is 27.9 Å². The summed E-state index contributed by atoms with van der Waals surface area (Å²) in [5.74, 6) is 0. The van der Waals surface area contributed by atoms with E-state index in [-0.39, 0.29) is 16.2 Å². The summed E-state index contributed by atoms with van der Waals surface area (Å²) in [6, 6.07) is 58.9. The Morgan fingerprint density at radius 2 is 0.945 bits per heavy atom. The fraction of sp³-hybridized carbons (Fsp3) is 0.208. The second kappa shape index (κ2) is 12.6. The molecule has 0 atom stereocenters. The van der Waals surface area contributed by atoms with Crippen molar-refractivity contribution in [3.05, 3.63) is 180 Å². The van der Waals surface area contributed by atoms with Crippen molar-refractivity contribution in [2.75, 3.05) is 4.90 Å². The summed E-state index contributed by atoms with van der Waals surface area (Å²) in [7, 11) is 0. The van der Waals surface area contributed by atoms with Gasteiger partial charge in [0.15, 0.2) is 0 Å². The molecule has 0 amide bonds. The first kappa shape index (κ1) is 34.9. The molecule has 1 aliphatic rings. The summed E-state index contributed by atoms with van der Waals surface area (Å²) in [5.41, 5.74) is 17.7. The Morgan fingerprint density at radius 3 is 1.62 bits per heavy atom. The van der Waals surface area contributed by atoms with Crippen LogP contribution in [0.25, 0.3) is 49.7 Å². The number of rotatable bonds is 5. The normalized spacial score (nSPS) is 13.6. The van der Waals surface area contributed by atoms with Gasteiger partial charge in [-0.05, 0) is 128 Å². The van der Waals surface area contributed by atoms with Crippen molar-refractivity contribution < 1.29 is 0 Å². The third kappa shape index (κ3) is 5.87. The van der Waals surface area contributed by atoms with Crippen molar-refractivity contribution in [1.82, 2.24) is 4.57 Å². The largest absolute Gasteiger partial charge is 0.310 e. The Morgan fingerprint density at radius 1 is 0.436 bits per heavy atom. The number of hydrogen-bond acceptors (Lipinski definition) is 1. The van der Waals surface area contributed by atoms with E-state index >= 15 is 0 Å². The van der Waals surface area contributed by atoms with E-state index in [1.807, 2.05) is 0 Å². The molecule has 1 aromatic heterocycles. The monoisotopic (exact) mass is 714 g/mol. The molecule has 0 radical (unpaired) electrons. The predicted octanol–water partition coefficient (Wildman–Crippen LogP) is 14.8. The van der Waals surface area contributed by atoms with Gasteiger partial charge < -0.3 is 9.47 Å². The molecule has 1 heterocycles. The fourth-order valence-electron chi connectivity index (χ4n) is 8.72. The highest BCUT2D eigenvalue weighted by atomic mass is 15.1. The van der Waals surface area contributed by atoms with Gasteiger partial charge in [-0.25, -0.2) is 0 Å².